The van der Waals surface area contributed by atoms with Crippen molar-refractivity contribution in [3.8, 4) is 0 Å². The van der Waals surface area contributed by atoms with Gasteiger partial charge >= 0.3 is 0 Å². The van der Waals surface area contributed by atoms with Gasteiger partial charge in [-0.25, -0.2) is 8.42 Å². The number of rotatable bonds is 9. The third-order valence-electron chi connectivity index (χ3n) is 6.19. The average molecular weight is 542 g/mol. The summed E-state index contributed by atoms with van der Waals surface area (Å²) in [5.41, 5.74) is 3.76. The maximum absolute atomic E-state index is 13.9. The van der Waals surface area contributed by atoms with E-state index in [1.165, 1.54) is 24.1 Å². The standard InChI is InChI=1S/C28H32ClN3O4S/c1-19-6-13-25(14-7-19)37(35,36)32(26-15-8-20(2)16-21(26)3)18-27(33)31(22(4)28(34)30-5)17-23-9-11-24(29)12-10-23/h6-16,22H,17-18H2,1-5H3,(H,30,34)/t22-/m0/s1. The van der Waals surface area contributed by atoms with Gasteiger partial charge < -0.3 is 10.2 Å². The molecule has 0 spiro atoms. The second kappa shape index (κ2) is 11.8. The summed E-state index contributed by atoms with van der Waals surface area (Å²) in [5, 5.41) is 3.12. The maximum Gasteiger partial charge on any atom is 0.264 e. The summed E-state index contributed by atoms with van der Waals surface area (Å²) in [5.74, 6) is -0.872. The van der Waals surface area contributed by atoms with Crippen molar-refractivity contribution in [2.24, 2.45) is 0 Å². The fraction of sp³-hybridized carbons (Fsp3) is 0.286. The predicted octanol–water partition coefficient (Wildman–Crippen LogP) is 4.62. The summed E-state index contributed by atoms with van der Waals surface area (Å²) in [4.78, 5) is 27.8. The van der Waals surface area contributed by atoms with E-state index in [2.05, 4.69) is 5.32 Å². The van der Waals surface area contributed by atoms with Crippen LogP contribution in [0.4, 0.5) is 5.69 Å². The highest BCUT2D eigenvalue weighted by Gasteiger charge is 2.32. The summed E-state index contributed by atoms with van der Waals surface area (Å²) >= 11 is 6.01. The van der Waals surface area contributed by atoms with Gasteiger partial charge in [0.1, 0.15) is 12.6 Å². The zero-order chi connectivity index (χ0) is 27.3. The van der Waals surface area contributed by atoms with Gasteiger partial charge in [-0.3, -0.25) is 13.9 Å². The molecule has 0 aliphatic rings. The van der Waals surface area contributed by atoms with Crippen molar-refractivity contribution in [3.05, 3.63) is 94.0 Å². The largest absolute Gasteiger partial charge is 0.357 e. The summed E-state index contributed by atoms with van der Waals surface area (Å²) in [6, 6.07) is 18.0. The average Bonchev–Trinajstić information content (AvgIpc) is 2.86. The molecule has 7 nitrogen and oxygen atoms in total. The van der Waals surface area contributed by atoms with Crippen molar-refractivity contribution >= 4 is 39.1 Å². The molecule has 196 valence electrons. The quantitative estimate of drug-likeness (QED) is 0.428. The highest BCUT2D eigenvalue weighted by Crippen LogP contribution is 2.28. The van der Waals surface area contributed by atoms with Crippen molar-refractivity contribution in [2.45, 2.75) is 45.2 Å². The van der Waals surface area contributed by atoms with Crippen LogP contribution in [0, 0.1) is 20.8 Å². The van der Waals surface area contributed by atoms with Gasteiger partial charge in [0.25, 0.3) is 10.0 Å². The van der Waals surface area contributed by atoms with Crippen LogP contribution < -0.4 is 9.62 Å². The summed E-state index contributed by atoms with van der Waals surface area (Å²) in [6.07, 6.45) is 0. The molecule has 3 aromatic rings. The third kappa shape index (κ3) is 6.70. The first-order valence-electron chi connectivity index (χ1n) is 11.9. The number of nitrogens with one attached hydrogen (secondary N) is 1. The van der Waals surface area contributed by atoms with Crippen LogP contribution in [0.25, 0.3) is 0 Å². The minimum Gasteiger partial charge on any atom is -0.357 e. The monoisotopic (exact) mass is 541 g/mol. The molecule has 2 amide bonds. The number of amides is 2. The lowest BCUT2D eigenvalue weighted by Crippen LogP contribution is -2.50. The summed E-state index contributed by atoms with van der Waals surface area (Å²) in [7, 11) is -2.60. The molecular weight excluding hydrogens is 510 g/mol. The van der Waals surface area contributed by atoms with Gasteiger partial charge in [-0.05, 0) is 69.2 Å². The van der Waals surface area contributed by atoms with E-state index in [-0.39, 0.29) is 17.3 Å². The molecule has 0 saturated heterocycles. The second-order valence-corrected chi connectivity index (χ2v) is 11.4. The maximum atomic E-state index is 13.9. The second-order valence-electron chi connectivity index (χ2n) is 9.05. The molecule has 0 aliphatic carbocycles. The van der Waals surface area contributed by atoms with E-state index in [1.54, 1.807) is 49.4 Å². The highest BCUT2D eigenvalue weighted by molar-refractivity contribution is 7.92. The lowest BCUT2D eigenvalue weighted by molar-refractivity contribution is -0.139. The van der Waals surface area contributed by atoms with E-state index < -0.39 is 28.5 Å². The normalized spacial score (nSPS) is 12.1. The zero-order valence-corrected chi connectivity index (χ0v) is 23.2. The van der Waals surface area contributed by atoms with E-state index in [4.69, 9.17) is 11.6 Å². The first-order valence-corrected chi connectivity index (χ1v) is 13.7. The molecule has 0 heterocycles. The molecule has 0 saturated carbocycles. The fourth-order valence-corrected chi connectivity index (χ4v) is 5.62. The molecular formula is C28H32ClN3O4S. The van der Waals surface area contributed by atoms with Gasteiger partial charge in [0.15, 0.2) is 0 Å². The number of likely N-dealkylation sites (N-methyl/N-ethyl adjacent to an activating group) is 1. The van der Waals surface area contributed by atoms with E-state index in [0.717, 1.165) is 21.0 Å². The number of halogens is 1. The van der Waals surface area contributed by atoms with Crippen LogP contribution in [0.3, 0.4) is 0 Å². The number of carbonyl (C=O) groups excluding carboxylic acids is 2. The van der Waals surface area contributed by atoms with Crippen molar-refractivity contribution in [1.82, 2.24) is 10.2 Å². The highest BCUT2D eigenvalue weighted by atomic mass is 35.5. The first kappa shape index (κ1) is 28.2. The smallest absolute Gasteiger partial charge is 0.264 e. The van der Waals surface area contributed by atoms with Gasteiger partial charge in [0.05, 0.1) is 10.6 Å². The van der Waals surface area contributed by atoms with Crippen molar-refractivity contribution < 1.29 is 18.0 Å². The minimum absolute atomic E-state index is 0.0782. The molecule has 37 heavy (non-hydrogen) atoms. The van der Waals surface area contributed by atoms with Crippen molar-refractivity contribution in [3.63, 3.8) is 0 Å². The van der Waals surface area contributed by atoms with Crippen LogP contribution in [0.2, 0.25) is 5.02 Å². The Morgan fingerprint density at radius 1 is 0.919 bits per heavy atom. The van der Waals surface area contributed by atoms with Gasteiger partial charge in [-0.15, -0.1) is 0 Å². The SMILES string of the molecule is CNC(=O)[C@H](C)N(Cc1ccc(Cl)cc1)C(=O)CN(c1ccc(C)cc1C)S(=O)(=O)c1ccc(C)cc1. The molecule has 0 radical (unpaired) electrons. The Morgan fingerprint density at radius 2 is 1.51 bits per heavy atom. The van der Waals surface area contributed by atoms with Crippen LogP contribution in [0.15, 0.2) is 71.6 Å². The number of anilines is 1. The van der Waals surface area contributed by atoms with Crippen LogP contribution in [-0.2, 0) is 26.2 Å². The Morgan fingerprint density at radius 3 is 2.08 bits per heavy atom. The number of aryl methyl sites for hydroxylation is 3. The number of hydrogen-bond acceptors (Lipinski definition) is 4. The minimum atomic E-state index is -4.10. The zero-order valence-electron chi connectivity index (χ0n) is 21.7. The van der Waals surface area contributed by atoms with Crippen molar-refractivity contribution in [2.75, 3.05) is 17.9 Å². The summed E-state index contributed by atoms with van der Waals surface area (Å²) < 4.78 is 28.8. The van der Waals surface area contributed by atoms with Crippen LogP contribution in [0.1, 0.15) is 29.2 Å². The van der Waals surface area contributed by atoms with Gasteiger partial charge in [-0.2, -0.15) is 0 Å². The number of hydrogen-bond donors (Lipinski definition) is 1. The van der Waals surface area contributed by atoms with E-state index in [1.807, 2.05) is 32.9 Å². The Hall–Kier alpha value is -3.36. The van der Waals surface area contributed by atoms with Crippen LogP contribution >= 0.6 is 11.6 Å². The third-order valence-corrected chi connectivity index (χ3v) is 8.21. The topological polar surface area (TPSA) is 86.8 Å². The molecule has 0 bridgehead atoms. The first-order chi connectivity index (χ1) is 17.4. The lowest BCUT2D eigenvalue weighted by atomic mass is 10.1. The number of sulfonamides is 1. The van der Waals surface area contributed by atoms with Crippen LogP contribution in [0.5, 0.6) is 0 Å². The molecule has 9 heteroatoms. The molecule has 0 unspecified atom stereocenters. The van der Waals surface area contributed by atoms with E-state index in [0.29, 0.717) is 16.3 Å². The number of carbonyl (C=O) groups is 2. The number of benzene rings is 3. The molecule has 1 N–H and O–H groups in total. The van der Waals surface area contributed by atoms with Crippen molar-refractivity contribution in [1.29, 1.82) is 0 Å². The van der Waals surface area contributed by atoms with Crippen LogP contribution in [-0.4, -0.2) is 44.8 Å². The Kier molecular flexibility index (Phi) is 8.99. The van der Waals surface area contributed by atoms with Gasteiger partial charge in [0, 0.05) is 18.6 Å². The predicted molar refractivity (Wildman–Crippen MR) is 147 cm³/mol. The van der Waals surface area contributed by atoms with E-state index >= 15 is 0 Å². The molecule has 3 rings (SSSR count). The molecule has 3 aromatic carbocycles. The van der Waals surface area contributed by atoms with E-state index in [9.17, 15) is 18.0 Å². The molecule has 1 atom stereocenters. The lowest BCUT2D eigenvalue weighted by Gasteiger charge is -2.32. The Labute approximate surface area is 224 Å². The Balaban J connectivity index is 2.06. The molecule has 0 aromatic heterocycles. The van der Waals surface area contributed by atoms with Gasteiger partial charge in [-0.1, -0.05) is 59.1 Å². The summed E-state index contributed by atoms with van der Waals surface area (Å²) in [6.45, 7) is 6.84. The fourth-order valence-electron chi connectivity index (χ4n) is 4.01. The number of nitrogens with zero attached hydrogens (tertiary/aromatic N) is 2. The molecule has 0 aliphatic heterocycles. The Bertz CT molecular complexity index is 1370. The molecule has 0 fully saturated rings. The van der Waals surface area contributed by atoms with Gasteiger partial charge in [0.2, 0.25) is 11.8 Å².